The van der Waals surface area contributed by atoms with E-state index in [4.69, 9.17) is 5.11 Å². The first-order chi connectivity index (χ1) is 16.0. The first kappa shape index (κ1) is 20.9. The van der Waals surface area contributed by atoms with Gasteiger partial charge in [0, 0.05) is 41.7 Å². The number of aromatic nitrogens is 4. The molecule has 0 atom stereocenters. The van der Waals surface area contributed by atoms with E-state index < -0.39 is 0 Å². The van der Waals surface area contributed by atoms with Gasteiger partial charge in [-0.15, -0.1) is 0 Å². The van der Waals surface area contributed by atoms with E-state index in [1.54, 1.807) is 35.4 Å². The van der Waals surface area contributed by atoms with Crippen molar-refractivity contribution in [2.75, 3.05) is 13.2 Å². The highest BCUT2D eigenvalue weighted by atomic mass is 16.3. The highest BCUT2D eigenvalue weighted by Gasteiger charge is 2.24. The Morgan fingerprint density at radius 2 is 1.94 bits per heavy atom. The van der Waals surface area contributed by atoms with Crippen LogP contribution in [0.3, 0.4) is 0 Å². The van der Waals surface area contributed by atoms with E-state index in [0.717, 1.165) is 35.3 Å². The third kappa shape index (κ3) is 4.22. The van der Waals surface area contributed by atoms with Crippen LogP contribution in [-0.2, 0) is 0 Å². The van der Waals surface area contributed by atoms with Gasteiger partial charge < -0.3 is 15.7 Å². The summed E-state index contributed by atoms with van der Waals surface area (Å²) in [6.07, 6.45) is 9.21. The summed E-state index contributed by atoms with van der Waals surface area (Å²) in [4.78, 5) is 29.0. The van der Waals surface area contributed by atoms with Crippen LogP contribution in [0.4, 0.5) is 0 Å². The minimum absolute atomic E-state index is 0.0493. The lowest BCUT2D eigenvalue weighted by molar-refractivity contribution is 0.0939. The number of carbonyl (C=O) groups is 2. The minimum atomic E-state index is -0.265. The average molecular weight is 444 g/mol. The molecule has 0 radical (unpaired) electrons. The molecule has 0 aliphatic heterocycles. The number of carbonyl (C=O) groups excluding carboxylic acids is 2. The average Bonchev–Trinajstić information content (AvgIpc) is 3.33. The Morgan fingerprint density at radius 1 is 1.12 bits per heavy atom. The lowest BCUT2D eigenvalue weighted by Crippen LogP contribution is -2.26. The topological polar surface area (TPSA) is 114 Å². The van der Waals surface area contributed by atoms with Gasteiger partial charge >= 0.3 is 0 Å². The normalized spacial score (nSPS) is 13.3. The number of imidazole rings is 1. The van der Waals surface area contributed by atoms with Crippen LogP contribution in [0.5, 0.6) is 0 Å². The van der Waals surface area contributed by atoms with Crippen molar-refractivity contribution in [3.8, 4) is 16.9 Å². The van der Waals surface area contributed by atoms with Crippen LogP contribution in [0.1, 0.15) is 39.1 Å². The molecule has 1 aliphatic rings. The number of nitrogens with one attached hydrogen (secondary N) is 2. The number of pyridine rings is 1. The third-order valence-electron chi connectivity index (χ3n) is 5.69. The molecule has 3 N–H and O–H groups in total. The molecule has 2 amide bonds. The van der Waals surface area contributed by atoms with Crippen LogP contribution in [0.25, 0.3) is 22.6 Å². The molecule has 0 unspecified atom stereocenters. The Morgan fingerprint density at radius 3 is 2.73 bits per heavy atom. The molecule has 1 aromatic carbocycles. The Bertz CT molecular complexity index is 1350. The predicted octanol–water partition coefficient (Wildman–Crippen LogP) is 2.11. The SMILES string of the molecule is Cc1ccc(C(=O)NC2CC2)cc1-c1cnn(-c2cnc3cc(C(=O)NCCO)ccn23)c1. The summed E-state index contributed by atoms with van der Waals surface area (Å²) >= 11 is 0. The fraction of sp³-hybridized carbons (Fsp3) is 0.250. The van der Waals surface area contributed by atoms with Crippen LogP contribution >= 0.6 is 0 Å². The van der Waals surface area contributed by atoms with Gasteiger partial charge in [-0.1, -0.05) is 6.07 Å². The number of amides is 2. The second-order valence-corrected chi connectivity index (χ2v) is 8.19. The molecule has 9 heteroatoms. The summed E-state index contributed by atoms with van der Waals surface area (Å²) in [7, 11) is 0. The van der Waals surface area contributed by atoms with Crippen molar-refractivity contribution >= 4 is 17.5 Å². The van der Waals surface area contributed by atoms with Gasteiger partial charge in [0.1, 0.15) is 5.65 Å². The van der Waals surface area contributed by atoms with Crippen LogP contribution < -0.4 is 10.6 Å². The molecule has 1 saturated carbocycles. The minimum Gasteiger partial charge on any atom is -0.395 e. The largest absolute Gasteiger partial charge is 0.395 e. The summed E-state index contributed by atoms with van der Waals surface area (Å²) in [5.41, 5.74) is 4.59. The third-order valence-corrected chi connectivity index (χ3v) is 5.69. The second-order valence-electron chi connectivity index (χ2n) is 8.19. The summed E-state index contributed by atoms with van der Waals surface area (Å²) in [5.74, 6) is 0.407. The van der Waals surface area contributed by atoms with Crippen LogP contribution in [0.2, 0.25) is 0 Å². The molecular formula is C24H24N6O3. The van der Waals surface area contributed by atoms with E-state index in [1.807, 2.05) is 35.7 Å². The lowest BCUT2D eigenvalue weighted by Gasteiger charge is -2.08. The molecule has 1 fully saturated rings. The summed E-state index contributed by atoms with van der Waals surface area (Å²) < 4.78 is 3.56. The molecule has 168 valence electrons. The van der Waals surface area contributed by atoms with Gasteiger partial charge in [0.2, 0.25) is 0 Å². The number of hydrogen-bond acceptors (Lipinski definition) is 5. The number of aliphatic hydroxyl groups excluding tert-OH is 1. The number of benzene rings is 1. The molecule has 33 heavy (non-hydrogen) atoms. The molecule has 5 rings (SSSR count). The smallest absolute Gasteiger partial charge is 0.251 e. The Hall–Kier alpha value is -3.98. The highest BCUT2D eigenvalue weighted by Crippen LogP contribution is 2.26. The number of aryl methyl sites for hydroxylation is 1. The standard InChI is InChI=1S/C24H24N6O3/c1-15-2-3-16(24(33)28-19-4-5-19)10-20(15)18-12-27-30(14-18)22-13-26-21-11-17(6-8-29(21)22)23(32)25-7-9-31/h2-3,6,8,10-14,19,31H,4-5,7,9H2,1H3,(H,25,32)(H,28,33). The number of hydrogen-bond donors (Lipinski definition) is 3. The van der Waals surface area contributed by atoms with Crippen molar-refractivity contribution in [3.63, 3.8) is 0 Å². The summed E-state index contributed by atoms with van der Waals surface area (Å²) in [6.45, 7) is 2.09. The monoisotopic (exact) mass is 444 g/mol. The van der Waals surface area contributed by atoms with E-state index in [2.05, 4.69) is 20.7 Å². The zero-order valence-electron chi connectivity index (χ0n) is 18.2. The van der Waals surface area contributed by atoms with E-state index in [1.165, 1.54) is 0 Å². The Balaban J connectivity index is 1.43. The number of rotatable bonds is 7. The molecule has 1 aliphatic carbocycles. The number of fused-ring (bicyclic) bond motifs is 1. The fourth-order valence-corrected chi connectivity index (χ4v) is 3.71. The number of aliphatic hydroxyl groups is 1. The first-order valence-electron chi connectivity index (χ1n) is 10.9. The maximum absolute atomic E-state index is 12.5. The van der Waals surface area contributed by atoms with Crippen molar-refractivity contribution in [2.45, 2.75) is 25.8 Å². The van der Waals surface area contributed by atoms with Crippen molar-refractivity contribution in [1.29, 1.82) is 0 Å². The molecule has 3 heterocycles. The first-order valence-corrected chi connectivity index (χ1v) is 10.9. The van der Waals surface area contributed by atoms with Crippen molar-refractivity contribution in [1.82, 2.24) is 29.8 Å². The fourth-order valence-electron chi connectivity index (χ4n) is 3.71. The molecule has 0 bridgehead atoms. The second kappa shape index (κ2) is 8.51. The van der Waals surface area contributed by atoms with Gasteiger partial charge in [-0.05, 0) is 55.2 Å². The van der Waals surface area contributed by atoms with Gasteiger partial charge in [-0.2, -0.15) is 5.10 Å². The molecular weight excluding hydrogens is 420 g/mol. The van der Waals surface area contributed by atoms with Gasteiger partial charge in [-0.25, -0.2) is 9.67 Å². The van der Waals surface area contributed by atoms with Gasteiger partial charge in [0.05, 0.1) is 19.0 Å². The van der Waals surface area contributed by atoms with Gasteiger partial charge in [-0.3, -0.25) is 14.0 Å². The molecule has 4 aromatic rings. The highest BCUT2D eigenvalue weighted by molar-refractivity contribution is 5.96. The Kier molecular flexibility index (Phi) is 5.39. The lowest BCUT2D eigenvalue weighted by atomic mass is 10.0. The van der Waals surface area contributed by atoms with E-state index in [-0.39, 0.29) is 25.0 Å². The van der Waals surface area contributed by atoms with Crippen LogP contribution in [-0.4, -0.2) is 55.3 Å². The zero-order chi connectivity index (χ0) is 22.9. The van der Waals surface area contributed by atoms with E-state index in [0.29, 0.717) is 22.8 Å². The van der Waals surface area contributed by atoms with E-state index in [9.17, 15) is 9.59 Å². The maximum Gasteiger partial charge on any atom is 0.251 e. The van der Waals surface area contributed by atoms with Crippen molar-refractivity contribution < 1.29 is 14.7 Å². The molecule has 0 saturated heterocycles. The Labute approximate surface area is 190 Å². The van der Waals surface area contributed by atoms with Gasteiger partial charge in [0.15, 0.2) is 5.82 Å². The van der Waals surface area contributed by atoms with Crippen molar-refractivity contribution in [3.05, 3.63) is 71.8 Å². The van der Waals surface area contributed by atoms with Crippen LogP contribution in [0.15, 0.2) is 55.1 Å². The quantitative estimate of drug-likeness (QED) is 0.404. The van der Waals surface area contributed by atoms with Crippen molar-refractivity contribution in [2.24, 2.45) is 0 Å². The van der Waals surface area contributed by atoms with E-state index >= 15 is 0 Å². The molecule has 9 nitrogen and oxygen atoms in total. The maximum atomic E-state index is 12.5. The number of nitrogens with zero attached hydrogens (tertiary/aromatic N) is 4. The predicted molar refractivity (Wildman–Crippen MR) is 122 cm³/mol. The molecule has 0 spiro atoms. The van der Waals surface area contributed by atoms with Crippen LogP contribution in [0, 0.1) is 6.92 Å². The summed E-state index contributed by atoms with van der Waals surface area (Å²) in [6, 6.07) is 9.39. The molecule has 3 aromatic heterocycles. The van der Waals surface area contributed by atoms with Gasteiger partial charge in [0.25, 0.3) is 11.8 Å². The zero-order valence-corrected chi connectivity index (χ0v) is 18.2. The summed E-state index contributed by atoms with van der Waals surface area (Å²) in [5, 5.41) is 19.0.